The van der Waals surface area contributed by atoms with Crippen molar-refractivity contribution in [1.82, 2.24) is 24.4 Å². The van der Waals surface area contributed by atoms with Gasteiger partial charge in [0, 0.05) is 50.3 Å². The van der Waals surface area contributed by atoms with Crippen molar-refractivity contribution >= 4 is 29.1 Å². The second-order valence-electron chi connectivity index (χ2n) is 6.63. The van der Waals surface area contributed by atoms with E-state index in [-0.39, 0.29) is 11.1 Å². The lowest BCUT2D eigenvalue weighted by Crippen LogP contribution is -2.50. The SMILES string of the molecule is Cc1nc(N2CCN(C(=O)Nc3ccc(F)c(Cl)c3)CC2)cc(-n2ccnc2)n1. The van der Waals surface area contributed by atoms with Crippen LogP contribution in [0.1, 0.15) is 5.82 Å². The summed E-state index contributed by atoms with van der Waals surface area (Å²) >= 11 is 5.77. The second-order valence-corrected chi connectivity index (χ2v) is 7.04. The molecule has 3 heterocycles. The number of benzene rings is 1. The van der Waals surface area contributed by atoms with Gasteiger partial charge >= 0.3 is 6.03 Å². The highest BCUT2D eigenvalue weighted by Crippen LogP contribution is 2.21. The van der Waals surface area contributed by atoms with Crippen LogP contribution in [-0.2, 0) is 0 Å². The largest absolute Gasteiger partial charge is 0.353 e. The number of hydrogen-bond donors (Lipinski definition) is 1. The van der Waals surface area contributed by atoms with Crippen LogP contribution in [0.5, 0.6) is 0 Å². The number of anilines is 2. The molecule has 0 spiro atoms. The number of imidazole rings is 1. The van der Waals surface area contributed by atoms with E-state index in [0.29, 0.717) is 37.7 Å². The Morgan fingerprint density at radius 3 is 2.59 bits per heavy atom. The number of aromatic nitrogens is 4. The number of nitrogens with zero attached hydrogens (tertiary/aromatic N) is 6. The zero-order chi connectivity index (χ0) is 20.4. The maximum absolute atomic E-state index is 13.3. The normalized spacial score (nSPS) is 14.2. The number of nitrogens with one attached hydrogen (secondary N) is 1. The highest BCUT2D eigenvalue weighted by Gasteiger charge is 2.23. The van der Waals surface area contributed by atoms with Crippen LogP contribution in [0.15, 0.2) is 43.0 Å². The third-order valence-electron chi connectivity index (χ3n) is 4.64. The molecule has 29 heavy (non-hydrogen) atoms. The molecule has 2 aromatic heterocycles. The molecule has 8 nitrogen and oxygen atoms in total. The number of aryl methyl sites for hydroxylation is 1. The first-order valence-electron chi connectivity index (χ1n) is 9.09. The Morgan fingerprint density at radius 1 is 1.14 bits per heavy atom. The Labute approximate surface area is 172 Å². The van der Waals surface area contributed by atoms with Gasteiger partial charge in [0.05, 0.1) is 5.02 Å². The van der Waals surface area contributed by atoms with Crippen molar-refractivity contribution in [2.75, 3.05) is 36.4 Å². The van der Waals surface area contributed by atoms with Crippen LogP contribution in [0.3, 0.4) is 0 Å². The van der Waals surface area contributed by atoms with Crippen LogP contribution in [0.25, 0.3) is 5.82 Å². The number of urea groups is 1. The first kappa shape index (κ1) is 19.1. The maximum atomic E-state index is 13.3. The first-order chi connectivity index (χ1) is 14.0. The summed E-state index contributed by atoms with van der Waals surface area (Å²) in [5.41, 5.74) is 0.459. The van der Waals surface area contributed by atoms with Gasteiger partial charge in [-0.25, -0.2) is 24.1 Å². The average Bonchev–Trinajstić information content (AvgIpc) is 3.25. The van der Waals surface area contributed by atoms with Crippen LogP contribution in [0.4, 0.5) is 20.7 Å². The van der Waals surface area contributed by atoms with Crippen molar-refractivity contribution in [3.8, 4) is 5.82 Å². The standard InChI is InChI=1S/C19H19ClFN7O/c1-13-23-17(11-18(24-13)28-5-4-22-12-28)26-6-8-27(9-7-26)19(29)25-14-2-3-16(21)15(20)10-14/h2-5,10-12H,6-9H2,1H3,(H,25,29). The molecule has 0 bridgehead atoms. The molecule has 2 amide bonds. The lowest BCUT2D eigenvalue weighted by atomic mass is 10.3. The Morgan fingerprint density at radius 2 is 1.90 bits per heavy atom. The third-order valence-corrected chi connectivity index (χ3v) is 4.93. The number of carbonyl (C=O) groups is 1. The molecule has 1 aromatic carbocycles. The molecule has 10 heteroatoms. The zero-order valence-corrected chi connectivity index (χ0v) is 16.5. The smallest absolute Gasteiger partial charge is 0.321 e. The van der Waals surface area contributed by atoms with Gasteiger partial charge < -0.3 is 15.1 Å². The molecule has 1 aliphatic rings. The van der Waals surface area contributed by atoms with Gasteiger partial charge in [-0.15, -0.1) is 0 Å². The van der Waals surface area contributed by atoms with Crippen LogP contribution < -0.4 is 10.2 Å². The number of hydrogen-bond acceptors (Lipinski definition) is 5. The molecule has 1 fully saturated rings. The summed E-state index contributed by atoms with van der Waals surface area (Å²) in [6.07, 6.45) is 5.22. The minimum Gasteiger partial charge on any atom is -0.353 e. The van der Waals surface area contributed by atoms with E-state index in [1.165, 1.54) is 18.2 Å². The molecule has 1 N–H and O–H groups in total. The van der Waals surface area contributed by atoms with Gasteiger partial charge in [-0.2, -0.15) is 0 Å². The van der Waals surface area contributed by atoms with E-state index in [1.54, 1.807) is 17.4 Å². The number of halogens is 2. The molecule has 1 aliphatic heterocycles. The minimum absolute atomic E-state index is 0.0274. The highest BCUT2D eigenvalue weighted by molar-refractivity contribution is 6.31. The summed E-state index contributed by atoms with van der Waals surface area (Å²) in [6.45, 7) is 4.19. The fourth-order valence-corrected chi connectivity index (χ4v) is 3.32. The van der Waals surface area contributed by atoms with Crippen LogP contribution >= 0.6 is 11.6 Å². The fourth-order valence-electron chi connectivity index (χ4n) is 3.14. The van der Waals surface area contributed by atoms with E-state index in [4.69, 9.17) is 11.6 Å². The summed E-state index contributed by atoms with van der Waals surface area (Å²) in [6, 6.07) is 5.77. The molecular weight excluding hydrogens is 397 g/mol. The number of rotatable bonds is 3. The molecular formula is C19H19ClFN7O. The predicted octanol–water partition coefficient (Wildman–Crippen LogP) is 3.12. The van der Waals surface area contributed by atoms with Gasteiger partial charge in [-0.05, 0) is 25.1 Å². The fraction of sp³-hybridized carbons (Fsp3) is 0.263. The lowest BCUT2D eigenvalue weighted by Gasteiger charge is -2.35. The van der Waals surface area contributed by atoms with Crippen molar-refractivity contribution in [2.45, 2.75) is 6.92 Å². The second kappa shape index (κ2) is 8.04. The van der Waals surface area contributed by atoms with Crippen LogP contribution in [0, 0.1) is 12.7 Å². The molecule has 1 saturated heterocycles. The Kier molecular flexibility index (Phi) is 5.30. The predicted molar refractivity (Wildman–Crippen MR) is 108 cm³/mol. The van der Waals surface area contributed by atoms with Crippen molar-refractivity contribution in [2.24, 2.45) is 0 Å². The van der Waals surface area contributed by atoms with Crippen LogP contribution in [0.2, 0.25) is 5.02 Å². The molecule has 0 unspecified atom stereocenters. The molecule has 0 saturated carbocycles. The van der Waals surface area contributed by atoms with E-state index < -0.39 is 5.82 Å². The molecule has 3 aromatic rings. The quantitative estimate of drug-likeness (QED) is 0.711. The topological polar surface area (TPSA) is 79.2 Å². The number of piperazine rings is 1. The van der Waals surface area contributed by atoms with Crippen LogP contribution in [-0.4, -0.2) is 56.6 Å². The lowest BCUT2D eigenvalue weighted by molar-refractivity contribution is 0.208. The number of carbonyl (C=O) groups excluding carboxylic acids is 1. The monoisotopic (exact) mass is 415 g/mol. The first-order valence-corrected chi connectivity index (χ1v) is 9.47. The van der Waals surface area contributed by atoms with E-state index >= 15 is 0 Å². The highest BCUT2D eigenvalue weighted by atomic mass is 35.5. The van der Waals surface area contributed by atoms with Crippen molar-refractivity contribution in [3.05, 3.63) is 59.7 Å². The Balaban J connectivity index is 1.40. The summed E-state index contributed by atoms with van der Waals surface area (Å²) in [5, 5.41) is 2.73. The maximum Gasteiger partial charge on any atom is 0.321 e. The van der Waals surface area contributed by atoms with Gasteiger partial charge in [-0.3, -0.25) is 4.57 Å². The van der Waals surface area contributed by atoms with Crippen molar-refractivity contribution < 1.29 is 9.18 Å². The summed E-state index contributed by atoms with van der Waals surface area (Å²) in [5.74, 6) is 1.71. The molecule has 0 aliphatic carbocycles. The zero-order valence-electron chi connectivity index (χ0n) is 15.7. The minimum atomic E-state index is -0.520. The van der Waals surface area contributed by atoms with Gasteiger partial charge in [0.15, 0.2) is 0 Å². The van der Waals surface area contributed by atoms with E-state index in [1.807, 2.05) is 23.8 Å². The summed E-state index contributed by atoms with van der Waals surface area (Å²) < 4.78 is 15.1. The van der Waals surface area contributed by atoms with E-state index in [0.717, 1.165) is 11.6 Å². The molecule has 0 atom stereocenters. The van der Waals surface area contributed by atoms with Gasteiger partial charge in [-0.1, -0.05) is 11.6 Å². The molecule has 4 rings (SSSR count). The summed E-state index contributed by atoms with van der Waals surface area (Å²) in [7, 11) is 0. The number of amides is 2. The molecule has 0 radical (unpaired) electrons. The van der Waals surface area contributed by atoms with Gasteiger partial charge in [0.25, 0.3) is 0 Å². The van der Waals surface area contributed by atoms with Crippen molar-refractivity contribution in [1.29, 1.82) is 0 Å². The molecule has 150 valence electrons. The van der Waals surface area contributed by atoms with E-state index in [9.17, 15) is 9.18 Å². The van der Waals surface area contributed by atoms with E-state index in [2.05, 4.69) is 25.2 Å². The summed E-state index contributed by atoms with van der Waals surface area (Å²) in [4.78, 5) is 29.4. The Hall–Kier alpha value is -3.20. The van der Waals surface area contributed by atoms with Gasteiger partial charge in [0.1, 0.15) is 29.6 Å². The van der Waals surface area contributed by atoms with Gasteiger partial charge in [0.2, 0.25) is 0 Å². The third kappa shape index (κ3) is 4.29. The Bertz CT molecular complexity index is 1020. The van der Waals surface area contributed by atoms with Crippen molar-refractivity contribution in [3.63, 3.8) is 0 Å². The average molecular weight is 416 g/mol.